The third-order valence-corrected chi connectivity index (χ3v) is 1.62. The monoisotopic (exact) mass is 187 g/mol. The summed E-state index contributed by atoms with van der Waals surface area (Å²) in [4.78, 5) is 10.2. The molecule has 0 rings (SSSR count). The fourth-order valence-corrected chi connectivity index (χ4v) is 0.842. The molecule has 0 aliphatic heterocycles. The number of carbonyl (C=O) groups is 1. The number of nitrogens with one attached hydrogen (secondary N) is 1. The van der Waals surface area contributed by atoms with E-state index in [1.54, 1.807) is 6.92 Å². The highest BCUT2D eigenvalue weighted by Crippen LogP contribution is 1.91. The van der Waals surface area contributed by atoms with Gasteiger partial charge in [0, 0.05) is 19.2 Å². The largest absolute Gasteiger partial charge is 0.478 e. The molecular weight excluding hydrogens is 170 g/mol. The topological polar surface area (TPSA) is 69.6 Å². The molecule has 0 aromatic heterocycles. The lowest BCUT2D eigenvalue weighted by molar-refractivity contribution is -0.131. The highest BCUT2D eigenvalue weighted by Gasteiger charge is 1.99. The minimum absolute atomic E-state index is 0.349. The van der Waals surface area contributed by atoms with E-state index in [-0.39, 0.29) is 6.10 Å². The molecule has 76 valence electrons. The first-order valence-electron chi connectivity index (χ1n) is 4.35. The number of hydrogen-bond donors (Lipinski definition) is 3. The molecule has 0 aliphatic rings. The maximum Gasteiger partial charge on any atom is 0.328 e. The number of carboxylic acids is 1. The van der Waals surface area contributed by atoms with E-state index in [0.29, 0.717) is 19.5 Å². The Morgan fingerprint density at radius 1 is 1.62 bits per heavy atom. The molecule has 0 bridgehead atoms. The van der Waals surface area contributed by atoms with E-state index in [2.05, 4.69) is 5.32 Å². The van der Waals surface area contributed by atoms with Gasteiger partial charge < -0.3 is 15.5 Å². The molecule has 0 saturated heterocycles. The van der Waals surface area contributed by atoms with Crippen molar-refractivity contribution in [1.29, 1.82) is 0 Å². The first-order chi connectivity index (χ1) is 6.06. The minimum Gasteiger partial charge on any atom is -0.478 e. The van der Waals surface area contributed by atoms with E-state index in [0.717, 1.165) is 11.6 Å². The highest BCUT2D eigenvalue weighted by molar-refractivity contribution is 5.80. The summed E-state index contributed by atoms with van der Waals surface area (Å²) in [6, 6.07) is 0. The molecule has 0 saturated carbocycles. The maximum absolute atomic E-state index is 10.2. The van der Waals surface area contributed by atoms with Crippen LogP contribution in [0, 0.1) is 0 Å². The maximum atomic E-state index is 10.2. The summed E-state index contributed by atoms with van der Waals surface area (Å²) < 4.78 is 0. The van der Waals surface area contributed by atoms with Gasteiger partial charge in [-0.1, -0.05) is 12.5 Å². The van der Waals surface area contributed by atoms with Crippen LogP contribution in [0.1, 0.15) is 20.3 Å². The number of rotatable bonds is 6. The molecule has 0 spiro atoms. The Bertz CT molecular complexity index is 189. The fraction of sp³-hybridized carbons (Fsp3) is 0.667. The summed E-state index contributed by atoms with van der Waals surface area (Å²) in [6.45, 7) is 4.64. The van der Waals surface area contributed by atoms with Crippen molar-refractivity contribution in [1.82, 2.24) is 5.32 Å². The Labute approximate surface area is 78.3 Å². The number of aliphatic carboxylic acids is 1. The lowest BCUT2D eigenvalue weighted by Gasteiger charge is -2.08. The van der Waals surface area contributed by atoms with Crippen LogP contribution >= 0.6 is 0 Å². The van der Waals surface area contributed by atoms with Gasteiger partial charge in [0.15, 0.2) is 0 Å². The summed E-state index contributed by atoms with van der Waals surface area (Å²) >= 11 is 0. The van der Waals surface area contributed by atoms with Crippen molar-refractivity contribution in [3.8, 4) is 0 Å². The van der Waals surface area contributed by atoms with E-state index in [9.17, 15) is 4.79 Å². The molecule has 0 fully saturated rings. The van der Waals surface area contributed by atoms with E-state index in [4.69, 9.17) is 10.2 Å². The third-order valence-electron chi connectivity index (χ3n) is 1.62. The van der Waals surface area contributed by atoms with Gasteiger partial charge in [0.1, 0.15) is 0 Å². The van der Waals surface area contributed by atoms with E-state index < -0.39 is 5.97 Å². The molecule has 0 amide bonds. The number of hydrogen-bond acceptors (Lipinski definition) is 3. The molecular formula is C9H17NO3. The van der Waals surface area contributed by atoms with Gasteiger partial charge in [-0.3, -0.25) is 0 Å². The van der Waals surface area contributed by atoms with Gasteiger partial charge in [-0.15, -0.1) is 0 Å². The van der Waals surface area contributed by atoms with Gasteiger partial charge >= 0.3 is 5.97 Å². The molecule has 4 heteroatoms. The van der Waals surface area contributed by atoms with Crippen molar-refractivity contribution in [2.45, 2.75) is 26.4 Å². The van der Waals surface area contributed by atoms with Crippen molar-refractivity contribution < 1.29 is 15.0 Å². The summed E-state index contributed by atoms with van der Waals surface area (Å²) in [5, 5.41) is 20.5. The molecule has 3 N–H and O–H groups in total. The first kappa shape index (κ1) is 12.1. The van der Waals surface area contributed by atoms with Crippen LogP contribution in [-0.2, 0) is 4.79 Å². The van der Waals surface area contributed by atoms with E-state index >= 15 is 0 Å². The smallest absolute Gasteiger partial charge is 0.328 e. The highest BCUT2D eigenvalue weighted by atomic mass is 16.4. The third kappa shape index (κ3) is 7.49. The lowest BCUT2D eigenvalue weighted by atomic mass is 10.2. The zero-order valence-corrected chi connectivity index (χ0v) is 8.08. The van der Waals surface area contributed by atoms with Crippen LogP contribution in [0.4, 0.5) is 0 Å². The average molecular weight is 187 g/mol. The normalized spacial score (nSPS) is 14.2. The van der Waals surface area contributed by atoms with Crippen molar-refractivity contribution in [2.24, 2.45) is 0 Å². The van der Waals surface area contributed by atoms with E-state index in [1.807, 2.05) is 6.92 Å². The Morgan fingerprint density at radius 3 is 2.69 bits per heavy atom. The average Bonchev–Trinajstić information content (AvgIpc) is 2.02. The predicted octanol–water partition coefficient (Wildman–Crippen LogP) is 0.378. The lowest BCUT2D eigenvalue weighted by Crippen LogP contribution is -2.27. The second-order valence-electron chi connectivity index (χ2n) is 3.02. The van der Waals surface area contributed by atoms with Crippen LogP contribution in [0.5, 0.6) is 0 Å². The SMILES string of the molecule is CCC(O)CNCC(C)=CC(=O)O. The van der Waals surface area contributed by atoms with Gasteiger partial charge in [-0.25, -0.2) is 4.79 Å². The molecule has 1 unspecified atom stereocenters. The predicted molar refractivity (Wildman–Crippen MR) is 50.6 cm³/mol. The van der Waals surface area contributed by atoms with Gasteiger partial charge in [0.05, 0.1) is 6.10 Å². The van der Waals surface area contributed by atoms with Gasteiger partial charge in [-0.2, -0.15) is 0 Å². The van der Waals surface area contributed by atoms with Crippen molar-refractivity contribution >= 4 is 5.97 Å². The van der Waals surface area contributed by atoms with Gasteiger partial charge in [0.25, 0.3) is 0 Å². The second-order valence-corrected chi connectivity index (χ2v) is 3.02. The molecule has 0 heterocycles. The van der Waals surface area contributed by atoms with Crippen molar-refractivity contribution in [3.63, 3.8) is 0 Å². The molecule has 1 atom stereocenters. The molecule has 0 aromatic carbocycles. The first-order valence-corrected chi connectivity index (χ1v) is 4.35. The zero-order valence-electron chi connectivity index (χ0n) is 8.08. The van der Waals surface area contributed by atoms with Gasteiger partial charge in [-0.05, 0) is 13.3 Å². The summed E-state index contributed by atoms with van der Waals surface area (Å²) in [5.41, 5.74) is 0.746. The van der Waals surface area contributed by atoms with Crippen LogP contribution in [0.2, 0.25) is 0 Å². The molecule has 4 nitrogen and oxygen atoms in total. The van der Waals surface area contributed by atoms with Crippen LogP contribution < -0.4 is 5.32 Å². The zero-order chi connectivity index (χ0) is 10.3. The molecule has 0 aromatic rings. The summed E-state index contributed by atoms with van der Waals surface area (Å²) in [5.74, 6) is -0.935. The Morgan fingerprint density at radius 2 is 2.23 bits per heavy atom. The summed E-state index contributed by atoms with van der Waals surface area (Å²) in [6.07, 6.45) is 1.51. The Hall–Kier alpha value is -0.870. The number of aliphatic hydroxyl groups is 1. The van der Waals surface area contributed by atoms with Crippen LogP contribution in [0.3, 0.4) is 0 Å². The molecule has 0 aliphatic carbocycles. The fourth-order valence-electron chi connectivity index (χ4n) is 0.842. The van der Waals surface area contributed by atoms with E-state index in [1.165, 1.54) is 0 Å². The number of carboxylic acid groups (broad SMARTS) is 1. The molecule has 13 heavy (non-hydrogen) atoms. The van der Waals surface area contributed by atoms with Crippen molar-refractivity contribution in [3.05, 3.63) is 11.6 Å². The van der Waals surface area contributed by atoms with Crippen LogP contribution in [0.15, 0.2) is 11.6 Å². The summed E-state index contributed by atoms with van der Waals surface area (Å²) in [7, 11) is 0. The van der Waals surface area contributed by atoms with Crippen LogP contribution in [0.25, 0.3) is 0 Å². The van der Waals surface area contributed by atoms with Crippen LogP contribution in [-0.4, -0.2) is 35.4 Å². The van der Waals surface area contributed by atoms with Gasteiger partial charge in [0.2, 0.25) is 0 Å². The minimum atomic E-state index is -0.935. The number of aliphatic hydroxyl groups excluding tert-OH is 1. The molecule has 0 radical (unpaired) electrons. The van der Waals surface area contributed by atoms with Crippen molar-refractivity contribution in [2.75, 3.05) is 13.1 Å². The standard InChI is InChI=1S/C9H17NO3/c1-3-8(11)6-10-5-7(2)4-9(12)13/h4,8,10-11H,3,5-6H2,1-2H3,(H,12,13). The Balaban J connectivity index is 3.59. The quantitative estimate of drug-likeness (QED) is 0.526. The second kappa shape index (κ2) is 6.62. The Kier molecular flexibility index (Phi) is 6.18.